The van der Waals surface area contributed by atoms with Crippen molar-refractivity contribution in [2.45, 2.75) is 6.17 Å². The highest BCUT2D eigenvalue weighted by molar-refractivity contribution is 7.99. The summed E-state index contributed by atoms with van der Waals surface area (Å²) < 4.78 is 0. The zero-order valence-electron chi connectivity index (χ0n) is 4.16. The van der Waals surface area contributed by atoms with Gasteiger partial charge < -0.3 is 0 Å². The van der Waals surface area contributed by atoms with Gasteiger partial charge in [0.05, 0.1) is 5.75 Å². The molecule has 0 aliphatic carbocycles. The summed E-state index contributed by atoms with van der Waals surface area (Å²) in [5.74, 6) is 1.32. The van der Waals surface area contributed by atoms with Crippen LogP contribution in [0, 0.1) is 10.1 Å². The van der Waals surface area contributed by atoms with Crippen LogP contribution in [0.5, 0.6) is 0 Å². The molecule has 1 saturated heterocycles. The van der Waals surface area contributed by atoms with Crippen LogP contribution < -0.4 is 5.32 Å². The molecule has 1 fully saturated rings. The largest absolute Gasteiger partial charge is 0.275 e. The number of nitrogens with one attached hydrogen (secondary N) is 1. The van der Waals surface area contributed by atoms with Gasteiger partial charge in [0.25, 0.3) is 6.17 Å². The molecule has 0 saturated carbocycles. The molecule has 0 bridgehead atoms. The Morgan fingerprint density at radius 2 is 2.62 bits per heavy atom. The molecule has 0 aromatic rings. The quantitative estimate of drug-likeness (QED) is 0.401. The molecule has 46 valence electrons. The number of nitrogens with zero attached hydrogens (tertiary/aromatic N) is 1. The summed E-state index contributed by atoms with van der Waals surface area (Å²) in [6, 6.07) is 0. The lowest BCUT2D eigenvalue weighted by Crippen LogP contribution is -2.31. The molecule has 0 spiro atoms. The lowest BCUT2D eigenvalue weighted by molar-refractivity contribution is -0.521. The van der Waals surface area contributed by atoms with E-state index in [4.69, 9.17) is 0 Å². The zero-order chi connectivity index (χ0) is 5.98. The van der Waals surface area contributed by atoms with Crippen LogP contribution in [0.25, 0.3) is 0 Å². The summed E-state index contributed by atoms with van der Waals surface area (Å²) in [4.78, 5) is 9.64. The average molecular weight is 134 g/mol. The summed E-state index contributed by atoms with van der Waals surface area (Å²) >= 11 is 1.56. The van der Waals surface area contributed by atoms with Crippen LogP contribution in [0.15, 0.2) is 0 Å². The lowest BCUT2D eigenvalue weighted by Gasteiger charge is -1.95. The molecule has 1 atom stereocenters. The Bertz CT molecular complexity index is 101. The van der Waals surface area contributed by atoms with Gasteiger partial charge in [0.2, 0.25) is 0 Å². The van der Waals surface area contributed by atoms with Crippen molar-refractivity contribution in [2.75, 3.05) is 11.6 Å². The maximum Gasteiger partial charge on any atom is 0.275 e. The normalized spacial score (nSPS) is 28.2. The summed E-state index contributed by atoms with van der Waals surface area (Å²) in [6.45, 7) is 0. The Morgan fingerprint density at radius 1 is 1.88 bits per heavy atom. The molecule has 1 rings (SSSR count). The molecule has 0 aromatic heterocycles. The summed E-state index contributed by atoms with van der Waals surface area (Å²) in [5.41, 5.74) is 0. The number of rotatable bonds is 1. The van der Waals surface area contributed by atoms with E-state index in [-0.39, 0.29) is 4.92 Å². The smallest absolute Gasteiger partial charge is 0.263 e. The molecule has 0 amide bonds. The second kappa shape index (κ2) is 2.32. The van der Waals surface area contributed by atoms with Crippen LogP contribution in [-0.2, 0) is 0 Å². The van der Waals surface area contributed by atoms with Crippen LogP contribution in [0.3, 0.4) is 0 Å². The highest BCUT2D eigenvalue weighted by Gasteiger charge is 2.23. The van der Waals surface area contributed by atoms with Crippen molar-refractivity contribution in [2.24, 2.45) is 0 Å². The fraction of sp³-hybridized carbons (Fsp3) is 1.00. The van der Waals surface area contributed by atoms with Crippen molar-refractivity contribution in [3.8, 4) is 0 Å². The van der Waals surface area contributed by atoms with Crippen molar-refractivity contribution >= 4 is 11.8 Å². The lowest BCUT2D eigenvalue weighted by atomic mass is 10.6. The minimum absolute atomic E-state index is 0.292. The first-order chi connectivity index (χ1) is 3.80. The van der Waals surface area contributed by atoms with Crippen LogP contribution in [-0.4, -0.2) is 22.7 Å². The summed E-state index contributed by atoms with van der Waals surface area (Å²) in [7, 11) is 0. The third kappa shape index (κ3) is 1.10. The molecule has 4 nitrogen and oxygen atoms in total. The zero-order valence-corrected chi connectivity index (χ0v) is 4.98. The average Bonchev–Trinajstić information content (AvgIpc) is 2.12. The standard InChI is InChI=1S/C3H6N2O2S/c6-5(7)3-1-8-2-4-3/h3-4H,1-2H2. The van der Waals surface area contributed by atoms with E-state index in [0.717, 1.165) is 0 Å². The van der Waals surface area contributed by atoms with E-state index in [2.05, 4.69) is 5.32 Å². The van der Waals surface area contributed by atoms with Gasteiger partial charge in [0.15, 0.2) is 0 Å². The Labute approximate surface area is 50.8 Å². The fourth-order valence-corrected chi connectivity index (χ4v) is 1.41. The molecule has 0 aromatic carbocycles. The third-order valence-electron chi connectivity index (χ3n) is 0.951. The van der Waals surface area contributed by atoms with E-state index in [0.29, 0.717) is 11.6 Å². The molecule has 1 heterocycles. The first kappa shape index (κ1) is 5.84. The number of thioether (sulfide) groups is 1. The topological polar surface area (TPSA) is 55.2 Å². The highest BCUT2D eigenvalue weighted by Crippen LogP contribution is 2.08. The molecule has 1 aliphatic heterocycles. The molecule has 1 N–H and O–H groups in total. The number of hydrogen-bond donors (Lipinski definition) is 1. The predicted octanol–water partition coefficient (Wildman–Crippen LogP) is -0.117. The fourth-order valence-electron chi connectivity index (χ4n) is 0.520. The summed E-state index contributed by atoms with van der Waals surface area (Å²) in [6.07, 6.45) is -0.500. The van der Waals surface area contributed by atoms with Crippen LogP contribution >= 0.6 is 11.8 Å². The van der Waals surface area contributed by atoms with Crippen molar-refractivity contribution in [3.05, 3.63) is 10.1 Å². The second-order valence-corrected chi connectivity index (χ2v) is 2.55. The van der Waals surface area contributed by atoms with Gasteiger partial charge >= 0.3 is 0 Å². The Kier molecular flexibility index (Phi) is 1.69. The van der Waals surface area contributed by atoms with Gasteiger partial charge in [-0.1, -0.05) is 0 Å². The van der Waals surface area contributed by atoms with Gasteiger partial charge in [-0.2, -0.15) is 0 Å². The van der Waals surface area contributed by atoms with Gasteiger partial charge in [0.1, 0.15) is 0 Å². The minimum atomic E-state index is -0.500. The molecular formula is C3H6N2O2S. The van der Waals surface area contributed by atoms with Crippen molar-refractivity contribution in [3.63, 3.8) is 0 Å². The monoisotopic (exact) mass is 134 g/mol. The van der Waals surface area contributed by atoms with Crippen molar-refractivity contribution in [1.29, 1.82) is 0 Å². The number of nitro groups is 1. The van der Waals surface area contributed by atoms with Crippen LogP contribution in [0.1, 0.15) is 0 Å². The molecule has 1 unspecified atom stereocenters. The van der Waals surface area contributed by atoms with Gasteiger partial charge in [-0.05, 0) is 0 Å². The highest BCUT2D eigenvalue weighted by atomic mass is 32.2. The van der Waals surface area contributed by atoms with E-state index in [9.17, 15) is 10.1 Å². The Hall–Kier alpha value is -0.290. The van der Waals surface area contributed by atoms with E-state index in [1.165, 1.54) is 0 Å². The van der Waals surface area contributed by atoms with Crippen molar-refractivity contribution in [1.82, 2.24) is 5.32 Å². The van der Waals surface area contributed by atoms with Gasteiger partial charge in [-0.3, -0.25) is 10.1 Å². The molecule has 0 radical (unpaired) electrons. The molecule has 1 aliphatic rings. The first-order valence-corrected chi connectivity index (χ1v) is 3.41. The molecular weight excluding hydrogens is 128 g/mol. The van der Waals surface area contributed by atoms with Gasteiger partial charge in [0, 0.05) is 10.8 Å². The molecule has 5 heteroatoms. The molecule has 8 heavy (non-hydrogen) atoms. The van der Waals surface area contributed by atoms with E-state index in [1.807, 2.05) is 0 Å². The van der Waals surface area contributed by atoms with Gasteiger partial charge in [-0.25, -0.2) is 5.32 Å². The Balaban J connectivity index is 2.35. The summed E-state index contributed by atoms with van der Waals surface area (Å²) in [5, 5.41) is 12.7. The maximum absolute atomic E-state index is 9.93. The Morgan fingerprint density at radius 3 is 2.88 bits per heavy atom. The van der Waals surface area contributed by atoms with Gasteiger partial charge in [-0.15, -0.1) is 11.8 Å². The van der Waals surface area contributed by atoms with E-state index >= 15 is 0 Å². The van der Waals surface area contributed by atoms with Crippen molar-refractivity contribution < 1.29 is 4.92 Å². The number of hydrogen-bond acceptors (Lipinski definition) is 4. The first-order valence-electron chi connectivity index (χ1n) is 2.25. The van der Waals surface area contributed by atoms with Crippen LogP contribution in [0.4, 0.5) is 0 Å². The van der Waals surface area contributed by atoms with Crippen LogP contribution in [0.2, 0.25) is 0 Å². The van der Waals surface area contributed by atoms with E-state index in [1.54, 1.807) is 11.8 Å². The predicted molar refractivity (Wildman–Crippen MR) is 31.2 cm³/mol. The minimum Gasteiger partial charge on any atom is -0.263 e. The SMILES string of the molecule is O=[N+]([O-])C1CSCN1. The third-order valence-corrected chi connectivity index (χ3v) is 1.87. The second-order valence-electron chi connectivity index (χ2n) is 1.52. The maximum atomic E-state index is 9.93. The van der Waals surface area contributed by atoms with E-state index < -0.39 is 6.17 Å².